The van der Waals surface area contributed by atoms with Crippen LogP contribution in [0.25, 0.3) is 16.0 Å². The van der Waals surface area contributed by atoms with Gasteiger partial charge in [0, 0.05) is 7.05 Å². The van der Waals surface area contributed by atoms with Gasteiger partial charge in [-0.05, 0) is 46.4 Å². The number of rotatable bonds is 6. The van der Waals surface area contributed by atoms with E-state index in [1.807, 2.05) is 18.4 Å². The van der Waals surface area contributed by atoms with E-state index >= 15 is 0 Å². The molecule has 4 aromatic rings. The van der Waals surface area contributed by atoms with Gasteiger partial charge in [0.2, 0.25) is 5.78 Å². The first-order valence-corrected chi connectivity index (χ1v) is 10.6. The summed E-state index contributed by atoms with van der Waals surface area (Å²) >= 11 is 4.74. The molecule has 0 spiro atoms. The van der Waals surface area contributed by atoms with Crippen molar-refractivity contribution in [1.29, 1.82) is 0 Å². The highest BCUT2D eigenvalue weighted by atomic mass is 79.9. The number of hydrogen-bond acceptors (Lipinski definition) is 8. The molecule has 11 heteroatoms. The van der Waals surface area contributed by atoms with Crippen LogP contribution in [0.5, 0.6) is 11.5 Å². The monoisotopic (exact) mass is 492 g/mol. The summed E-state index contributed by atoms with van der Waals surface area (Å²) in [6, 6.07) is 4.98. The number of benzene rings is 1. The number of methoxy groups -OCH3 is 1. The normalized spacial score (nSPS) is 11.2. The van der Waals surface area contributed by atoms with Gasteiger partial charge in [-0.15, -0.1) is 21.5 Å². The molecule has 0 aliphatic heterocycles. The molecule has 0 saturated heterocycles. The highest BCUT2D eigenvalue weighted by Crippen LogP contribution is 2.36. The summed E-state index contributed by atoms with van der Waals surface area (Å²) in [5.41, 5.74) is 0.832. The van der Waals surface area contributed by atoms with Gasteiger partial charge in [0.25, 0.3) is 5.56 Å². The molecule has 30 heavy (non-hydrogen) atoms. The van der Waals surface area contributed by atoms with Crippen LogP contribution in [-0.4, -0.2) is 38.9 Å². The van der Waals surface area contributed by atoms with Crippen LogP contribution in [-0.2, 0) is 18.4 Å². The summed E-state index contributed by atoms with van der Waals surface area (Å²) in [6.07, 6.45) is 0. The average molecular weight is 493 g/mol. The Kier molecular flexibility index (Phi) is 5.48. The van der Waals surface area contributed by atoms with Crippen LogP contribution in [0.3, 0.4) is 0 Å². The third kappa shape index (κ3) is 3.33. The van der Waals surface area contributed by atoms with Crippen LogP contribution in [0.4, 0.5) is 0 Å². The highest BCUT2D eigenvalue weighted by Gasteiger charge is 2.19. The van der Waals surface area contributed by atoms with Crippen molar-refractivity contribution >= 4 is 49.2 Å². The lowest BCUT2D eigenvalue weighted by Crippen LogP contribution is -2.19. The van der Waals surface area contributed by atoms with Crippen LogP contribution in [0, 0.1) is 0 Å². The predicted octanol–water partition coefficient (Wildman–Crippen LogP) is 3.17. The molecule has 0 fully saturated rings. The third-order valence-corrected chi connectivity index (χ3v) is 5.96. The number of aryl methyl sites for hydroxylation is 1. The largest absolute Gasteiger partial charge is 0.493 e. The van der Waals surface area contributed by atoms with Gasteiger partial charge in [0.1, 0.15) is 4.70 Å². The minimum atomic E-state index is -0.555. The van der Waals surface area contributed by atoms with E-state index < -0.39 is 5.97 Å². The molecule has 9 nitrogen and oxygen atoms in total. The van der Waals surface area contributed by atoms with Crippen LogP contribution in [0.15, 0.2) is 32.8 Å². The van der Waals surface area contributed by atoms with Crippen molar-refractivity contribution in [3.05, 3.63) is 49.8 Å². The molecular formula is C19H17BrN4O5S. The van der Waals surface area contributed by atoms with Gasteiger partial charge in [-0.1, -0.05) is 0 Å². The van der Waals surface area contributed by atoms with E-state index in [4.69, 9.17) is 14.2 Å². The Balaban J connectivity index is 1.64. The van der Waals surface area contributed by atoms with E-state index in [1.54, 1.807) is 23.6 Å². The zero-order chi connectivity index (χ0) is 21.4. The lowest BCUT2D eigenvalue weighted by Gasteiger charge is -2.13. The number of esters is 1. The standard InChI is InChI=1S/C19H17BrN4O5S/c1-4-28-15-11(20)7-10(8-13(15)27-3)18(26)29-9-14-21-22-19-23(2)17(25)16-12(24(14)19)5-6-30-16/h5-8H,4,9H2,1-3H3. The molecule has 3 aromatic heterocycles. The second-order valence-electron chi connectivity index (χ2n) is 6.25. The molecule has 0 bridgehead atoms. The van der Waals surface area contributed by atoms with Gasteiger partial charge < -0.3 is 14.2 Å². The number of thiophene rings is 1. The molecule has 0 atom stereocenters. The Bertz CT molecular complexity index is 1330. The van der Waals surface area contributed by atoms with Crippen molar-refractivity contribution in [2.75, 3.05) is 13.7 Å². The zero-order valence-corrected chi connectivity index (χ0v) is 18.7. The molecule has 0 unspecified atom stereocenters. The lowest BCUT2D eigenvalue weighted by atomic mass is 10.2. The Labute approximate surface area is 182 Å². The van der Waals surface area contributed by atoms with Gasteiger partial charge in [0.05, 0.1) is 29.3 Å². The van der Waals surface area contributed by atoms with E-state index in [0.29, 0.717) is 50.0 Å². The van der Waals surface area contributed by atoms with Gasteiger partial charge >= 0.3 is 5.97 Å². The maximum absolute atomic E-state index is 12.7. The van der Waals surface area contributed by atoms with E-state index in [1.165, 1.54) is 23.0 Å². The van der Waals surface area contributed by atoms with E-state index in [2.05, 4.69) is 26.1 Å². The number of hydrogen-bond donors (Lipinski definition) is 0. The number of aromatic nitrogens is 4. The molecule has 1 aromatic carbocycles. The number of fused-ring (bicyclic) bond motifs is 3. The molecule has 0 saturated carbocycles. The summed E-state index contributed by atoms with van der Waals surface area (Å²) in [4.78, 5) is 25.1. The van der Waals surface area contributed by atoms with Crippen LogP contribution in [0.2, 0.25) is 0 Å². The molecule has 0 aliphatic rings. The summed E-state index contributed by atoms with van der Waals surface area (Å²) in [6.45, 7) is 2.20. The summed E-state index contributed by atoms with van der Waals surface area (Å²) in [5.74, 6) is 1.17. The molecule has 0 aliphatic carbocycles. The topological polar surface area (TPSA) is 97.0 Å². The molecule has 0 radical (unpaired) electrons. The van der Waals surface area contributed by atoms with Crippen molar-refractivity contribution in [2.24, 2.45) is 7.05 Å². The molecule has 0 N–H and O–H groups in total. The molecule has 3 heterocycles. The first-order valence-electron chi connectivity index (χ1n) is 8.93. The first-order chi connectivity index (χ1) is 14.5. The minimum absolute atomic E-state index is 0.115. The molecule has 156 valence electrons. The van der Waals surface area contributed by atoms with Crippen LogP contribution in [0.1, 0.15) is 23.1 Å². The first kappa shape index (κ1) is 20.4. The Hall–Kier alpha value is -2.92. The number of ether oxygens (including phenoxy) is 3. The predicted molar refractivity (Wildman–Crippen MR) is 115 cm³/mol. The fraction of sp³-hybridized carbons (Fsp3) is 0.263. The molecule has 0 amide bonds. The SMILES string of the molecule is CCOc1c(Br)cc(C(=O)OCc2nnc3n(C)c(=O)c4sccc4n23)cc1OC. The van der Waals surface area contributed by atoms with Gasteiger partial charge in [0.15, 0.2) is 23.9 Å². The summed E-state index contributed by atoms with van der Waals surface area (Å²) < 4.78 is 20.6. The minimum Gasteiger partial charge on any atom is -0.493 e. The number of carbonyl (C=O) groups excluding carboxylic acids is 1. The summed E-state index contributed by atoms with van der Waals surface area (Å²) in [7, 11) is 3.13. The van der Waals surface area contributed by atoms with E-state index in [9.17, 15) is 9.59 Å². The molecular weight excluding hydrogens is 476 g/mol. The fourth-order valence-electron chi connectivity index (χ4n) is 3.08. The number of nitrogens with zero attached hydrogens (tertiary/aromatic N) is 4. The second-order valence-corrected chi connectivity index (χ2v) is 8.02. The molecule has 4 rings (SSSR count). The summed E-state index contributed by atoms with van der Waals surface area (Å²) in [5, 5.41) is 10.0. The number of halogens is 1. The van der Waals surface area contributed by atoms with Gasteiger partial charge in [-0.3, -0.25) is 13.8 Å². The highest BCUT2D eigenvalue weighted by molar-refractivity contribution is 9.10. The zero-order valence-electron chi connectivity index (χ0n) is 16.3. The van der Waals surface area contributed by atoms with Crippen molar-refractivity contribution in [2.45, 2.75) is 13.5 Å². The van der Waals surface area contributed by atoms with Crippen molar-refractivity contribution in [3.8, 4) is 11.5 Å². The quantitative estimate of drug-likeness (QED) is 0.381. The maximum Gasteiger partial charge on any atom is 0.338 e. The van der Waals surface area contributed by atoms with Crippen molar-refractivity contribution in [1.82, 2.24) is 19.2 Å². The Morgan fingerprint density at radius 1 is 1.30 bits per heavy atom. The third-order valence-electron chi connectivity index (χ3n) is 4.48. The van der Waals surface area contributed by atoms with Crippen molar-refractivity contribution < 1.29 is 19.0 Å². The smallest absolute Gasteiger partial charge is 0.338 e. The fourth-order valence-corrected chi connectivity index (χ4v) is 4.49. The Morgan fingerprint density at radius 3 is 2.83 bits per heavy atom. The maximum atomic E-state index is 12.7. The average Bonchev–Trinajstić information content (AvgIpc) is 3.38. The van der Waals surface area contributed by atoms with Crippen LogP contribution >= 0.6 is 27.3 Å². The van der Waals surface area contributed by atoms with Crippen LogP contribution < -0.4 is 15.0 Å². The van der Waals surface area contributed by atoms with Gasteiger partial charge in [-0.2, -0.15) is 0 Å². The van der Waals surface area contributed by atoms with Crippen molar-refractivity contribution in [3.63, 3.8) is 0 Å². The Morgan fingerprint density at radius 2 is 2.10 bits per heavy atom. The van der Waals surface area contributed by atoms with Gasteiger partial charge in [-0.25, -0.2) is 4.79 Å². The lowest BCUT2D eigenvalue weighted by molar-refractivity contribution is 0.0461. The number of carbonyl (C=O) groups is 1. The van der Waals surface area contributed by atoms with E-state index in [0.717, 1.165) is 0 Å². The van der Waals surface area contributed by atoms with E-state index in [-0.39, 0.29) is 12.2 Å². The second kappa shape index (κ2) is 8.07.